The van der Waals surface area contributed by atoms with Crippen LogP contribution in [0.5, 0.6) is 5.75 Å². The lowest BCUT2D eigenvalue weighted by Crippen LogP contribution is -2.32. The summed E-state index contributed by atoms with van der Waals surface area (Å²) in [7, 11) is 0. The Bertz CT molecular complexity index is 637. The Morgan fingerprint density at radius 1 is 1.39 bits per heavy atom. The Hall–Kier alpha value is -2.34. The molecule has 2 atom stereocenters. The Kier molecular flexibility index (Phi) is 5.76. The minimum absolute atomic E-state index is 0.0957. The molecule has 0 spiro atoms. The van der Waals surface area contributed by atoms with Gasteiger partial charge in [0.15, 0.2) is 5.69 Å². The number of nitrogens with zero attached hydrogens (tertiary/aromatic N) is 1. The van der Waals surface area contributed by atoms with Crippen LogP contribution in [0.3, 0.4) is 0 Å². The first kappa shape index (κ1) is 17.0. The van der Waals surface area contributed by atoms with Gasteiger partial charge < -0.3 is 20.6 Å². The first-order valence-electron chi connectivity index (χ1n) is 7.79. The van der Waals surface area contributed by atoms with E-state index >= 15 is 0 Å². The number of hydrogen-bond acceptors (Lipinski definition) is 5. The van der Waals surface area contributed by atoms with Crippen molar-refractivity contribution >= 4 is 5.91 Å². The lowest BCUT2D eigenvalue weighted by Gasteiger charge is -2.10. The fraction of sp³-hybridized carbons (Fsp3) is 0.412. The average Bonchev–Trinajstić information content (AvgIpc) is 3.00. The quantitative estimate of drug-likeness (QED) is 0.728. The number of nitrogens with two attached hydrogens (primary N) is 1. The average molecular weight is 317 g/mol. The summed E-state index contributed by atoms with van der Waals surface area (Å²) in [4.78, 5) is 16.2. The molecule has 2 aromatic rings. The summed E-state index contributed by atoms with van der Waals surface area (Å²) in [5.74, 6) is 0.280. The van der Waals surface area contributed by atoms with Crippen LogP contribution in [0.4, 0.5) is 0 Å². The van der Waals surface area contributed by atoms with E-state index in [9.17, 15) is 9.90 Å². The second kappa shape index (κ2) is 7.78. The molecule has 4 N–H and O–H groups in total. The first-order chi connectivity index (χ1) is 11.0. The monoisotopic (exact) mass is 317 g/mol. The van der Waals surface area contributed by atoms with Crippen molar-refractivity contribution in [1.82, 2.24) is 10.3 Å². The molecular weight excluding hydrogens is 294 g/mol. The van der Waals surface area contributed by atoms with Gasteiger partial charge in [0.1, 0.15) is 12.0 Å². The number of hydrogen-bond donors (Lipinski definition) is 3. The molecule has 1 heterocycles. The fourth-order valence-corrected chi connectivity index (χ4v) is 2.34. The van der Waals surface area contributed by atoms with Gasteiger partial charge in [-0.25, -0.2) is 4.98 Å². The zero-order valence-electron chi connectivity index (χ0n) is 13.5. The van der Waals surface area contributed by atoms with Crippen LogP contribution >= 0.6 is 0 Å². The molecule has 0 aliphatic carbocycles. The van der Waals surface area contributed by atoms with Crippen LogP contribution in [0.2, 0.25) is 0 Å². The number of oxazole rings is 1. The highest BCUT2D eigenvalue weighted by atomic mass is 16.3. The Balaban J connectivity index is 1.97. The molecule has 124 valence electrons. The zero-order valence-corrected chi connectivity index (χ0v) is 13.5. The van der Waals surface area contributed by atoms with Crippen LogP contribution in [0.25, 0.3) is 0 Å². The third kappa shape index (κ3) is 4.82. The van der Waals surface area contributed by atoms with Crippen molar-refractivity contribution in [2.75, 3.05) is 0 Å². The summed E-state index contributed by atoms with van der Waals surface area (Å²) < 4.78 is 5.34. The van der Waals surface area contributed by atoms with Crippen LogP contribution < -0.4 is 11.1 Å². The number of carbonyl (C=O) groups excluding carboxylic acids is 1. The van der Waals surface area contributed by atoms with Gasteiger partial charge in [0, 0.05) is 6.04 Å². The predicted molar refractivity (Wildman–Crippen MR) is 87.1 cm³/mol. The molecule has 0 bridgehead atoms. The van der Waals surface area contributed by atoms with Gasteiger partial charge in [0.2, 0.25) is 5.89 Å². The minimum Gasteiger partial charge on any atom is -0.508 e. The molecule has 0 fully saturated rings. The second-order valence-corrected chi connectivity index (χ2v) is 5.71. The number of aromatic hydroxyl groups is 1. The van der Waals surface area contributed by atoms with E-state index in [1.54, 1.807) is 24.3 Å². The van der Waals surface area contributed by atoms with Gasteiger partial charge in [-0.1, -0.05) is 25.5 Å². The van der Waals surface area contributed by atoms with Crippen LogP contribution in [-0.2, 0) is 6.42 Å². The van der Waals surface area contributed by atoms with Crippen LogP contribution in [-0.4, -0.2) is 22.0 Å². The van der Waals surface area contributed by atoms with E-state index in [4.69, 9.17) is 10.2 Å². The molecule has 1 aromatic heterocycles. The second-order valence-electron chi connectivity index (χ2n) is 5.71. The lowest BCUT2D eigenvalue weighted by atomic mass is 10.1. The van der Waals surface area contributed by atoms with Crippen molar-refractivity contribution in [1.29, 1.82) is 0 Å². The maximum absolute atomic E-state index is 12.1. The third-order valence-corrected chi connectivity index (χ3v) is 3.56. The fourth-order valence-electron chi connectivity index (χ4n) is 2.34. The smallest absolute Gasteiger partial charge is 0.273 e. The van der Waals surface area contributed by atoms with E-state index in [-0.39, 0.29) is 23.4 Å². The number of aromatic nitrogens is 1. The number of benzene rings is 1. The summed E-state index contributed by atoms with van der Waals surface area (Å²) in [5.41, 5.74) is 7.27. The number of phenols is 1. The predicted octanol–water partition coefficient (Wildman–Crippen LogP) is 2.54. The SMILES string of the molecule is CCCC(C)NC(=O)c1coc(C(N)Cc2ccc(O)cc2)n1. The highest BCUT2D eigenvalue weighted by Gasteiger charge is 2.18. The van der Waals surface area contributed by atoms with Gasteiger partial charge in [0.05, 0.1) is 6.04 Å². The molecule has 0 aliphatic rings. The summed E-state index contributed by atoms with van der Waals surface area (Å²) in [6.45, 7) is 4.03. The molecule has 2 unspecified atom stereocenters. The maximum Gasteiger partial charge on any atom is 0.273 e. The van der Waals surface area contributed by atoms with Gasteiger partial charge in [0.25, 0.3) is 5.91 Å². The number of amides is 1. The molecule has 0 aliphatic heterocycles. The van der Waals surface area contributed by atoms with Crippen LogP contribution in [0.15, 0.2) is 34.9 Å². The van der Waals surface area contributed by atoms with Gasteiger partial charge >= 0.3 is 0 Å². The molecule has 2 rings (SSSR count). The summed E-state index contributed by atoms with van der Waals surface area (Å²) in [6, 6.07) is 6.43. The van der Waals surface area contributed by atoms with E-state index < -0.39 is 6.04 Å². The molecule has 6 nitrogen and oxygen atoms in total. The van der Waals surface area contributed by atoms with E-state index in [2.05, 4.69) is 17.2 Å². The van der Waals surface area contributed by atoms with Crippen LogP contribution in [0, 0.1) is 0 Å². The van der Waals surface area contributed by atoms with Crippen molar-refractivity contribution in [2.45, 2.75) is 45.2 Å². The van der Waals surface area contributed by atoms with Gasteiger partial charge in [-0.2, -0.15) is 0 Å². The topological polar surface area (TPSA) is 101 Å². The van der Waals surface area contributed by atoms with E-state index in [0.717, 1.165) is 18.4 Å². The van der Waals surface area contributed by atoms with E-state index in [0.29, 0.717) is 12.3 Å². The first-order valence-corrected chi connectivity index (χ1v) is 7.79. The Morgan fingerprint density at radius 2 is 2.09 bits per heavy atom. The van der Waals surface area contributed by atoms with Crippen molar-refractivity contribution in [3.63, 3.8) is 0 Å². The molecule has 0 saturated heterocycles. The number of phenolic OH excluding ortho intramolecular Hbond substituents is 1. The van der Waals surface area contributed by atoms with Gasteiger partial charge in [-0.3, -0.25) is 4.79 Å². The van der Waals surface area contributed by atoms with Gasteiger partial charge in [-0.05, 0) is 37.5 Å². The highest BCUT2D eigenvalue weighted by Crippen LogP contribution is 2.18. The van der Waals surface area contributed by atoms with Crippen molar-refractivity contribution in [3.8, 4) is 5.75 Å². The molecule has 0 radical (unpaired) electrons. The standard InChI is InChI=1S/C17H23N3O3/c1-3-4-11(2)19-16(22)15-10-23-17(20-15)14(18)9-12-5-7-13(21)8-6-12/h5-8,10-11,14,21H,3-4,9,18H2,1-2H3,(H,19,22). The molecule has 0 saturated carbocycles. The zero-order chi connectivity index (χ0) is 16.8. The van der Waals surface area contributed by atoms with Crippen molar-refractivity contribution in [2.24, 2.45) is 5.73 Å². The Labute approximate surface area is 135 Å². The summed E-state index contributed by atoms with van der Waals surface area (Å²) >= 11 is 0. The van der Waals surface area contributed by atoms with Gasteiger partial charge in [-0.15, -0.1) is 0 Å². The third-order valence-electron chi connectivity index (χ3n) is 3.56. The molecular formula is C17H23N3O3. The number of nitrogens with one attached hydrogen (secondary N) is 1. The van der Waals surface area contributed by atoms with E-state index in [1.807, 2.05) is 6.92 Å². The molecule has 23 heavy (non-hydrogen) atoms. The van der Waals surface area contributed by atoms with Crippen LogP contribution in [0.1, 0.15) is 54.7 Å². The summed E-state index contributed by atoms with van der Waals surface area (Å²) in [5, 5.41) is 12.2. The van der Waals surface area contributed by atoms with Crippen molar-refractivity contribution < 1.29 is 14.3 Å². The number of carbonyl (C=O) groups is 1. The minimum atomic E-state index is -0.450. The largest absolute Gasteiger partial charge is 0.508 e. The molecule has 6 heteroatoms. The maximum atomic E-state index is 12.1. The number of rotatable bonds is 7. The molecule has 1 aromatic carbocycles. The van der Waals surface area contributed by atoms with E-state index in [1.165, 1.54) is 6.26 Å². The summed E-state index contributed by atoms with van der Waals surface area (Å²) in [6.07, 6.45) is 3.76. The Morgan fingerprint density at radius 3 is 2.74 bits per heavy atom. The lowest BCUT2D eigenvalue weighted by molar-refractivity contribution is 0.0933. The highest BCUT2D eigenvalue weighted by molar-refractivity contribution is 5.92. The molecule has 1 amide bonds. The normalized spacial score (nSPS) is 13.5. The van der Waals surface area contributed by atoms with Crippen molar-refractivity contribution in [3.05, 3.63) is 47.7 Å².